The molecule has 7 nitrogen and oxygen atoms in total. The summed E-state index contributed by atoms with van der Waals surface area (Å²) in [5.41, 5.74) is 3.94. The van der Waals surface area contributed by atoms with Gasteiger partial charge in [0.2, 0.25) is 11.8 Å². The van der Waals surface area contributed by atoms with Crippen LogP contribution in [0.3, 0.4) is 0 Å². The van der Waals surface area contributed by atoms with Crippen LogP contribution in [0.5, 0.6) is 0 Å². The van der Waals surface area contributed by atoms with E-state index in [0.717, 1.165) is 37.5 Å². The average Bonchev–Trinajstić information content (AvgIpc) is 3.02. The number of sulfonamides is 1. The molecule has 0 saturated carbocycles. The predicted octanol–water partition coefficient (Wildman–Crippen LogP) is 6.43. The van der Waals surface area contributed by atoms with Crippen LogP contribution in [0.25, 0.3) is 0 Å². The smallest absolute Gasteiger partial charge is 0.264 e. The van der Waals surface area contributed by atoms with Gasteiger partial charge < -0.3 is 10.2 Å². The van der Waals surface area contributed by atoms with Gasteiger partial charge >= 0.3 is 0 Å². The molecule has 44 heavy (non-hydrogen) atoms. The van der Waals surface area contributed by atoms with E-state index in [9.17, 15) is 18.0 Å². The van der Waals surface area contributed by atoms with Crippen LogP contribution in [0.4, 0.5) is 5.69 Å². The van der Waals surface area contributed by atoms with Crippen molar-refractivity contribution in [3.63, 3.8) is 0 Å². The molecule has 0 aliphatic rings. The van der Waals surface area contributed by atoms with E-state index in [1.54, 1.807) is 36.4 Å². The summed E-state index contributed by atoms with van der Waals surface area (Å²) in [5.74, 6) is -0.777. The number of halogens is 1. The number of amides is 2. The second kappa shape index (κ2) is 15.2. The van der Waals surface area contributed by atoms with Crippen LogP contribution in [-0.4, -0.2) is 44.3 Å². The molecule has 0 radical (unpaired) electrons. The molecule has 0 aliphatic heterocycles. The standard InChI is InChI=1S/C35H38BrN3O4S/c1-4-22-37-35(41)33(23-28-8-6-5-7-9-28)38(24-29-14-16-30(36)17-15-29)34(40)25-39(31-18-10-26(2)11-19-31)44(42,43)32-20-12-27(3)13-21-32/h5-21,33H,4,22-25H2,1-3H3,(H,37,41). The van der Waals surface area contributed by atoms with Crippen molar-refractivity contribution in [2.24, 2.45) is 0 Å². The van der Waals surface area contributed by atoms with Crippen molar-refractivity contribution in [1.29, 1.82) is 0 Å². The molecule has 1 unspecified atom stereocenters. The summed E-state index contributed by atoms with van der Waals surface area (Å²) in [6, 6.07) is 29.8. The number of rotatable bonds is 13. The molecule has 0 saturated heterocycles. The maximum absolute atomic E-state index is 14.4. The number of carbonyl (C=O) groups is 2. The molecule has 2 amide bonds. The fourth-order valence-electron chi connectivity index (χ4n) is 4.78. The Balaban J connectivity index is 1.78. The summed E-state index contributed by atoms with van der Waals surface area (Å²) in [4.78, 5) is 29.7. The Kier molecular flexibility index (Phi) is 11.4. The molecular weight excluding hydrogens is 638 g/mol. The zero-order valence-electron chi connectivity index (χ0n) is 25.2. The molecule has 230 valence electrons. The van der Waals surface area contributed by atoms with Gasteiger partial charge in [-0.2, -0.15) is 0 Å². The Morgan fingerprint density at radius 3 is 1.98 bits per heavy atom. The number of aryl methyl sites for hydroxylation is 2. The van der Waals surface area contributed by atoms with Gasteiger partial charge in [0.25, 0.3) is 10.0 Å². The van der Waals surface area contributed by atoms with E-state index in [1.165, 1.54) is 4.90 Å². The summed E-state index contributed by atoms with van der Waals surface area (Å²) in [7, 11) is -4.13. The number of carbonyl (C=O) groups excluding carboxylic acids is 2. The molecule has 1 atom stereocenters. The van der Waals surface area contributed by atoms with Crippen molar-refractivity contribution in [3.05, 3.63) is 130 Å². The van der Waals surface area contributed by atoms with E-state index in [-0.39, 0.29) is 23.8 Å². The summed E-state index contributed by atoms with van der Waals surface area (Å²) >= 11 is 3.46. The molecule has 4 aromatic rings. The topological polar surface area (TPSA) is 86.8 Å². The lowest BCUT2D eigenvalue weighted by Gasteiger charge is -2.34. The van der Waals surface area contributed by atoms with Gasteiger partial charge in [-0.3, -0.25) is 13.9 Å². The van der Waals surface area contributed by atoms with Crippen LogP contribution >= 0.6 is 15.9 Å². The van der Waals surface area contributed by atoms with E-state index < -0.39 is 28.5 Å². The van der Waals surface area contributed by atoms with Crippen LogP contribution in [0.15, 0.2) is 112 Å². The largest absolute Gasteiger partial charge is 0.354 e. The molecule has 0 aliphatic carbocycles. The normalized spacial score (nSPS) is 11.9. The minimum Gasteiger partial charge on any atom is -0.354 e. The summed E-state index contributed by atoms with van der Waals surface area (Å²) < 4.78 is 30.2. The monoisotopic (exact) mass is 675 g/mol. The van der Waals surface area contributed by atoms with E-state index >= 15 is 0 Å². The first-order valence-corrected chi connectivity index (χ1v) is 16.8. The fourth-order valence-corrected chi connectivity index (χ4v) is 6.46. The molecule has 0 fully saturated rings. The number of anilines is 1. The third kappa shape index (κ3) is 8.57. The van der Waals surface area contributed by atoms with Crippen molar-refractivity contribution in [3.8, 4) is 0 Å². The average molecular weight is 677 g/mol. The first-order valence-electron chi connectivity index (χ1n) is 14.6. The highest BCUT2D eigenvalue weighted by molar-refractivity contribution is 9.10. The van der Waals surface area contributed by atoms with Crippen molar-refractivity contribution >= 4 is 43.5 Å². The number of nitrogens with zero attached hydrogens (tertiary/aromatic N) is 2. The minimum absolute atomic E-state index is 0.0810. The van der Waals surface area contributed by atoms with E-state index in [0.29, 0.717) is 12.2 Å². The first-order chi connectivity index (χ1) is 21.1. The minimum atomic E-state index is -4.13. The highest BCUT2D eigenvalue weighted by Gasteiger charge is 2.34. The fraction of sp³-hybridized carbons (Fsp3) is 0.257. The van der Waals surface area contributed by atoms with Crippen LogP contribution in [0, 0.1) is 13.8 Å². The van der Waals surface area contributed by atoms with Gasteiger partial charge in [0, 0.05) is 24.0 Å². The van der Waals surface area contributed by atoms with Gasteiger partial charge in [0.15, 0.2) is 0 Å². The van der Waals surface area contributed by atoms with Crippen LogP contribution < -0.4 is 9.62 Å². The maximum atomic E-state index is 14.4. The molecule has 0 spiro atoms. The first kappa shape index (κ1) is 33.0. The lowest BCUT2D eigenvalue weighted by molar-refractivity contribution is -0.140. The Morgan fingerprint density at radius 1 is 0.795 bits per heavy atom. The van der Waals surface area contributed by atoms with E-state index in [2.05, 4.69) is 21.2 Å². The summed E-state index contributed by atoms with van der Waals surface area (Å²) in [6.45, 7) is 5.86. The third-order valence-electron chi connectivity index (χ3n) is 7.30. The van der Waals surface area contributed by atoms with Crippen molar-refractivity contribution in [1.82, 2.24) is 10.2 Å². The number of benzene rings is 4. The van der Waals surface area contributed by atoms with Crippen molar-refractivity contribution < 1.29 is 18.0 Å². The quantitative estimate of drug-likeness (QED) is 0.177. The van der Waals surface area contributed by atoms with Gasteiger partial charge in [-0.1, -0.05) is 101 Å². The summed E-state index contributed by atoms with van der Waals surface area (Å²) in [6.07, 6.45) is 1.01. The van der Waals surface area contributed by atoms with Gasteiger partial charge in [-0.15, -0.1) is 0 Å². The van der Waals surface area contributed by atoms with Gasteiger partial charge in [-0.25, -0.2) is 8.42 Å². The Labute approximate surface area is 269 Å². The molecule has 1 N–H and O–H groups in total. The SMILES string of the molecule is CCCNC(=O)C(Cc1ccccc1)N(Cc1ccc(Br)cc1)C(=O)CN(c1ccc(C)cc1)S(=O)(=O)c1ccc(C)cc1. The van der Waals surface area contributed by atoms with Gasteiger partial charge in [0.1, 0.15) is 12.6 Å². The van der Waals surface area contributed by atoms with Crippen molar-refractivity contribution in [2.75, 3.05) is 17.4 Å². The molecule has 0 heterocycles. The maximum Gasteiger partial charge on any atom is 0.264 e. The second-order valence-electron chi connectivity index (χ2n) is 10.8. The number of hydrogen-bond acceptors (Lipinski definition) is 4. The lowest BCUT2D eigenvalue weighted by Crippen LogP contribution is -2.53. The summed E-state index contributed by atoms with van der Waals surface area (Å²) in [5, 5.41) is 2.96. The number of hydrogen-bond donors (Lipinski definition) is 1. The van der Waals surface area contributed by atoms with E-state index in [4.69, 9.17) is 0 Å². The number of nitrogens with one attached hydrogen (secondary N) is 1. The predicted molar refractivity (Wildman–Crippen MR) is 179 cm³/mol. The zero-order chi connectivity index (χ0) is 31.7. The molecule has 4 rings (SSSR count). The zero-order valence-corrected chi connectivity index (χ0v) is 27.6. The Hall–Kier alpha value is -3.95. The molecule has 0 aromatic heterocycles. The van der Waals surface area contributed by atoms with Crippen LogP contribution in [-0.2, 0) is 32.6 Å². The highest BCUT2D eigenvalue weighted by Crippen LogP contribution is 2.26. The molecule has 4 aromatic carbocycles. The Morgan fingerprint density at radius 2 is 1.39 bits per heavy atom. The second-order valence-corrected chi connectivity index (χ2v) is 13.6. The van der Waals surface area contributed by atoms with Crippen molar-refractivity contribution in [2.45, 2.75) is 51.1 Å². The van der Waals surface area contributed by atoms with Crippen LogP contribution in [0.1, 0.15) is 35.6 Å². The van der Waals surface area contributed by atoms with Crippen LogP contribution in [0.2, 0.25) is 0 Å². The highest BCUT2D eigenvalue weighted by atomic mass is 79.9. The lowest BCUT2D eigenvalue weighted by atomic mass is 10.0. The van der Waals surface area contributed by atoms with Gasteiger partial charge in [0.05, 0.1) is 10.6 Å². The molecular formula is C35H38BrN3O4S. The van der Waals surface area contributed by atoms with E-state index in [1.807, 2.05) is 87.5 Å². The molecule has 0 bridgehead atoms. The molecule has 9 heteroatoms. The third-order valence-corrected chi connectivity index (χ3v) is 9.61. The van der Waals surface area contributed by atoms with Gasteiger partial charge in [-0.05, 0) is 67.8 Å². The Bertz CT molecular complexity index is 1640.